The Kier molecular flexibility index (Phi) is 10.4. The standard InChI is InChI=1S/C19H23F2N3O3.HI/c1-4-22-19(24-14-6-8-17(25-2)18(12-14)26-3)23-9-10-27-16-7-5-13(20)11-15(16)21;/h5-8,11-12H,4,9-10H2,1-3H3,(H2,22,23,24);1H. The zero-order chi connectivity index (χ0) is 19.6. The highest BCUT2D eigenvalue weighted by molar-refractivity contribution is 14.0. The Morgan fingerprint density at radius 3 is 2.36 bits per heavy atom. The van der Waals surface area contributed by atoms with E-state index in [4.69, 9.17) is 14.2 Å². The molecule has 0 saturated heterocycles. The lowest BCUT2D eigenvalue weighted by Crippen LogP contribution is -2.31. The monoisotopic (exact) mass is 507 g/mol. The van der Waals surface area contributed by atoms with Crippen LogP contribution in [0.3, 0.4) is 0 Å². The third-order valence-electron chi connectivity index (χ3n) is 3.50. The van der Waals surface area contributed by atoms with E-state index in [0.717, 1.165) is 17.8 Å². The van der Waals surface area contributed by atoms with Crippen LogP contribution in [0.5, 0.6) is 17.2 Å². The number of hydrogen-bond acceptors (Lipinski definition) is 4. The first kappa shape index (κ1) is 23.7. The molecule has 0 aliphatic heterocycles. The molecule has 0 radical (unpaired) electrons. The van der Waals surface area contributed by atoms with Crippen LogP contribution in [0.4, 0.5) is 14.5 Å². The summed E-state index contributed by atoms with van der Waals surface area (Å²) in [6, 6.07) is 8.58. The van der Waals surface area contributed by atoms with E-state index in [0.29, 0.717) is 24.0 Å². The fraction of sp³-hybridized carbons (Fsp3) is 0.316. The Bertz CT molecular complexity index is 791. The summed E-state index contributed by atoms with van der Waals surface area (Å²) < 4.78 is 42.2. The van der Waals surface area contributed by atoms with Crippen LogP contribution in [-0.4, -0.2) is 39.9 Å². The van der Waals surface area contributed by atoms with Crippen molar-refractivity contribution in [2.45, 2.75) is 6.92 Å². The van der Waals surface area contributed by atoms with Gasteiger partial charge in [0.05, 0.1) is 20.8 Å². The van der Waals surface area contributed by atoms with Gasteiger partial charge in [-0.05, 0) is 31.2 Å². The zero-order valence-corrected chi connectivity index (χ0v) is 18.3. The van der Waals surface area contributed by atoms with Crippen LogP contribution >= 0.6 is 24.0 Å². The van der Waals surface area contributed by atoms with Gasteiger partial charge in [0.25, 0.3) is 0 Å². The maximum atomic E-state index is 13.5. The second kappa shape index (κ2) is 12.2. The minimum atomic E-state index is -0.741. The third-order valence-corrected chi connectivity index (χ3v) is 3.50. The molecule has 0 unspecified atom stereocenters. The van der Waals surface area contributed by atoms with Gasteiger partial charge >= 0.3 is 0 Å². The van der Waals surface area contributed by atoms with Crippen LogP contribution in [0.25, 0.3) is 0 Å². The number of hydrogen-bond donors (Lipinski definition) is 2. The fourth-order valence-corrected chi connectivity index (χ4v) is 2.26. The second-order valence-electron chi connectivity index (χ2n) is 5.38. The van der Waals surface area contributed by atoms with E-state index in [1.165, 1.54) is 6.07 Å². The summed E-state index contributed by atoms with van der Waals surface area (Å²) in [5.74, 6) is 0.353. The Balaban J connectivity index is 0.00000392. The van der Waals surface area contributed by atoms with Crippen molar-refractivity contribution < 1.29 is 23.0 Å². The van der Waals surface area contributed by atoms with Crippen LogP contribution in [-0.2, 0) is 0 Å². The molecule has 0 spiro atoms. The minimum absolute atomic E-state index is 0. The number of methoxy groups -OCH3 is 2. The van der Waals surface area contributed by atoms with Crippen molar-refractivity contribution in [3.05, 3.63) is 48.0 Å². The molecule has 0 saturated carbocycles. The maximum Gasteiger partial charge on any atom is 0.195 e. The number of anilines is 1. The van der Waals surface area contributed by atoms with Gasteiger partial charge in [0.2, 0.25) is 0 Å². The van der Waals surface area contributed by atoms with Crippen molar-refractivity contribution in [3.63, 3.8) is 0 Å². The van der Waals surface area contributed by atoms with Crippen molar-refractivity contribution >= 4 is 35.6 Å². The molecule has 6 nitrogen and oxygen atoms in total. The van der Waals surface area contributed by atoms with E-state index in [9.17, 15) is 8.78 Å². The van der Waals surface area contributed by atoms with E-state index >= 15 is 0 Å². The predicted molar refractivity (Wildman–Crippen MR) is 116 cm³/mol. The summed E-state index contributed by atoms with van der Waals surface area (Å²) in [5.41, 5.74) is 0.762. The average Bonchev–Trinajstić information content (AvgIpc) is 2.66. The molecule has 28 heavy (non-hydrogen) atoms. The number of benzene rings is 2. The molecule has 154 valence electrons. The molecule has 0 atom stereocenters. The van der Waals surface area contributed by atoms with Gasteiger partial charge in [0.15, 0.2) is 29.0 Å². The highest BCUT2D eigenvalue weighted by atomic mass is 127. The number of ether oxygens (including phenoxy) is 3. The van der Waals surface area contributed by atoms with Crippen LogP contribution in [0.2, 0.25) is 0 Å². The van der Waals surface area contributed by atoms with Gasteiger partial charge in [-0.15, -0.1) is 24.0 Å². The molecular weight excluding hydrogens is 483 g/mol. The fourth-order valence-electron chi connectivity index (χ4n) is 2.26. The van der Waals surface area contributed by atoms with E-state index in [2.05, 4.69) is 15.6 Å². The quantitative estimate of drug-likeness (QED) is 0.244. The number of halogens is 3. The number of aliphatic imine (C=N–C) groups is 1. The second-order valence-corrected chi connectivity index (χ2v) is 5.38. The van der Waals surface area contributed by atoms with Crippen molar-refractivity contribution in [2.24, 2.45) is 4.99 Å². The molecule has 0 heterocycles. The van der Waals surface area contributed by atoms with Crippen molar-refractivity contribution in [1.82, 2.24) is 5.32 Å². The Morgan fingerprint density at radius 2 is 1.71 bits per heavy atom. The molecule has 2 aromatic carbocycles. The number of nitrogens with one attached hydrogen (secondary N) is 2. The summed E-state index contributed by atoms with van der Waals surface area (Å²) in [4.78, 5) is 4.37. The van der Waals surface area contributed by atoms with E-state index < -0.39 is 11.6 Å². The third kappa shape index (κ3) is 7.02. The molecule has 0 bridgehead atoms. The van der Waals surface area contributed by atoms with Crippen LogP contribution in [0.1, 0.15) is 6.92 Å². The van der Waals surface area contributed by atoms with Crippen molar-refractivity contribution in [1.29, 1.82) is 0 Å². The number of guanidine groups is 1. The number of rotatable bonds is 8. The molecule has 0 aromatic heterocycles. The summed E-state index contributed by atoms with van der Waals surface area (Å²) in [5, 5.41) is 6.25. The summed E-state index contributed by atoms with van der Waals surface area (Å²) in [6.07, 6.45) is 0. The lowest BCUT2D eigenvalue weighted by molar-refractivity contribution is 0.310. The largest absolute Gasteiger partial charge is 0.493 e. The molecule has 0 aliphatic rings. The lowest BCUT2D eigenvalue weighted by Gasteiger charge is -2.14. The summed E-state index contributed by atoms with van der Waals surface area (Å²) in [6.45, 7) is 3.02. The van der Waals surface area contributed by atoms with Crippen molar-refractivity contribution in [2.75, 3.05) is 39.2 Å². The first-order chi connectivity index (χ1) is 13.1. The molecule has 2 N–H and O–H groups in total. The molecule has 2 aromatic rings. The highest BCUT2D eigenvalue weighted by Crippen LogP contribution is 2.29. The van der Waals surface area contributed by atoms with E-state index in [1.54, 1.807) is 26.4 Å². The molecule has 9 heteroatoms. The van der Waals surface area contributed by atoms with Gasteiger partial charge in [0, 0.05) is 24.4 Å². The molecule has 0 fully saturated rings. The summed E-state index contributed by atoms with van der Waals surface area (Å²) in [7, 11) is 3.13. The Labute approximate surface area is 180 Å². The molecule has 0 amide bonds. The van der Waals surface area contributed by atoms with Gasteiger partial charge in [0.1, 0.15) is 12.4 Å². The zero-order valence-electron chi connectivity index (χ0n) is 15.9. The van der Waals surface area contributed by atoms with Crippen LogP contribution in [0, 0.1) is 11.6 Å². The van der Waals surface area contributed by atoms with Gasteiger partial charge in [-0.1, -0.05) is 0 Å². The lowest BCUT2D eigenvalue weighted by atomic mass is 10.3. The van der Waals surface area contributed by atoms with Gasteiger partial charge in [-0.25, -0.2) is 13.8 Å². The smallest absolute Gasteiger partial charge is 0.195 e. The molecular formula is C19H24F2IN3O3. The van der Waals surface area contributed by atoms with Crippen LogP contribution in [0.15, 0.2) is 41.4 Å². The normalized spacial score (nSPS) is 10.7. The average molecular weight is 507 g/mol. The maximum absolute atomic E-state index is 13.5. The van der Waals surface area contributed by atoms with Gasteiger partial charge in [-0.2, -0.15) is 0 Å². The predicted octanol–water partition coefficient (Wildman–Crippen LogP) is 4.06. The molecule has 0 aliphatic carbocycles. The SMILES string of the molecule is CCNC(=NCCOc1ccc(F)cc1F)Nc1ccc(OC)c(OC)c1.I. The first-order valence-corrected chi connectivity index (χ1v) is 8.42. The topological polar surface area (TPSA) is 64.1 Å². The van der Waals surface area contributed by atoms with Gasteiger partial charge < -0.3 is 24.8 Å². The van der Waals surface area contributed by atoms with E-state index in [1.807, 2.05) is 13.0 Å². The summed E-state index contributed by atoms with van der Waals surface area (Å²) >= 11 is 0. The molecule has 2 rings (SSSR count). The Hall–Kier alpha value is -2.30. The first-order valence-electron chi connectivity index (χ1n) is 8.42. The minimum Gasteiger partial charge on any atom is -0.493 e. The highest BCUT2D eigenvalue weighted by Gasteiger charge is 2.07. The van der Waals surface area contributed by atoms with Crippen LogP contribution < -0.4 is 24.8 Å². The van der Waals surface area contributed by atoms with Gasteiger partial charge in [-0.3, -0.25) is 0 Å². The Morgan fingerprint density at radius 1 is 1.00 bits per heavy atom. The van der Waals surface area contributed by atoms with Crippen molar-refractivity contribution in [3.8, 4) is 17.2 Å². The van der Waals surface area contributed by atoms with E-state index in [-0.39, 0.29) is 42.9 Å². The number of nitrogens with zero attached hydrogens (tertiary/aromatic N) is 1.